The van der Waals surface area contributed by atoms with Crippen molar-refractivity contribution >= 4 is 17.7 Å². The van der Waals surface area contributed by atoms with Crippen molar-refractivity contribution in [2.45, 2.75) is 50.1 Å². The van der Waals surface area contributed by atoms with Gasteiger partial charge in [0.15, 0.2) is 5.16 Å². The predicted molar refractivity (Wildman–Crippen MR) is 98.9 cm³/mol. The topological polar surface area (TPSA) is 51.0 Å². The fourth-order valence-corrected chi connectivity index (χ4v) is 5.22. The molecular formula is C19H24N4OS. The molecule has 2 aliphatic rings. The summed E-state index contributed by atoms with van der Waals surface area (Å²) in [4.78, 5) is 19.9. The van der Waals surface area contributed by atoms with Gasteiger partial charge in [0.05, 0.1) is 6.04 Å². The first-order valence-corrected chi connectivity index (χ1v) is 9.86. The Labute approximate surface area is 152 Å². The second-order valence-corrected chi connectivity index (χ2v) is 8.44. The minimum Gasteiger partial charge on any atom is -0.294 e. The minimum absolute atomic E-state index is 0.0596. The Morgan fingerprint density at radius 2 is 2.00 bits per heavy atom. The third kappa shape index (κ3) is 3.13. The lowest BCUT2D eigenvalue weighted by Gasteiger charge is -2.39. The van der Waals surface area contributed by atoms with E-state index in [9.17, 15) is 4.79 Å². The van der Waals surface area contributed by atoms with E-state index >= 15 is 0 Å². The fourth-order valence-electron chi connectivity index (χ4n) is 3.92. The molecule has 1 aromatic carbocycles. The van der Waals surface area contributed by atoms with E-state index < -0.39 is 0 Å². The molecule has 0 amide bonds. The normalized spacial score (nSPS) is 25.2. The summed E-state index contributed by atoms with van der Waals surface area (Å²) < 4.78 is 1.50. The van der Waals surface area contributed by atoms with E-state index in [1.54, 1.807) is 11.8 Å². The average Bonchev–Trinajstić information content (AvgIpc) is 3.08. The van der Waals surface area contributed by atoms with Gasteiger partial charge in [-0.25, -0.2) is 4.98 Å². The SMILES string of the molecule is Cc1ccc(C(C2Sc3nc(C)nn3C2=O)N2CCCC(C)C2)cc1. The highest BCUT2D eigenvalue weighted by Crippen LogP contribution is 2.42. The third-order valence-electron chi connectivity index (χ3n) is 5.16. The monoisotopic (exact) mass is 356 g/mol. The molecule has 1 fully saturated rings. The van der Waals surface area contributed by atoms with Gasteiger partial charge >= 0.3 is 0 Å². The van der Waals surface area contributed by atoms with Gasteiger partial charge in [-0.05, 0) is 44.7 Å². The number of hydrogen-bond donors (Lipinski definition) is 0. The number of carbonyl (C=O) groups excluding carboxylic acids is 1. The van der Waals surface area contributed by atoms with Crippen molar-refractivity contribution in [1.82, 2.24) is 19.7 Å². The number of aryl methyl sites for hydroxylation is 2. The number of thioether (sulfide) groups is 1. The molecule has 6 heteroatoms. The summed E-state index contributed by atoms with van der Waals surface area (Å²) in [6, 6.07) is 8.70. The molecular weight excluding hydrogens is 332 g/mol. The Bertz CT molecular complexity index is 785. The van der Waals surface area contributed by atoms with Crippen LogP contribution in [0.1, 0.15) is 47.6 Å². The number of benzene rings is 1. The molecule has 2 aliphatic heterocycles. The summed E-state index contributed by atoms with van der Waals surface area (Å²) in [5, 5.41) is 4.84. The Kier molecular flexibility index (Phi) is 4.41. The van der Waals surface area contributed by atoms with E-state index in [0.29, 0.717) is 11.7 Å². The van der Waals surface area contributed by atoms with Gasteiger partial charge in [-0.3, -0.25) is 9.69 Å². The largest absolute Gasteiger partial charge is 0.294 e. The molecule has 0 saturated carbocycles. The van der Waals surface area contributed by atoms with Gasteiger partial charge in [-0.15, -0.1) is 5.10 Å². The van der Waals surface area contributed by atoms with Gasteiger partial charge in [-0.1, -0.05) is 48.5 Å². The quantitative estimate of drug-likeness (QED) is 0.843. The summed E-state index contributed by atoms with van der Waals surface area (Å²) >= 11 is 1.57. The van der Waals surface area contributed by atoms with Crippen molar-refractivity contribution in [2.75, 3.05) is 13.1 Å². The zero-order chi connectivity index (χ0) is 17.6. The second-order valence-electron chi connectivity index (χ2n) is 7.33. The number of piperidine rings is 1. The standard InChI is InChI=1S/C19H24N4OS/c1-12-6-8-15(9-7-12)16(22-10-4-5-13(2)11-22)17-18(24)23-19(25-17)20-14(3)21-23/h6-9,13,16-17H,4-5,10-11H2,1-3H3. The Balaban J connectivity index is 1.69. The minimum atomic E-state index is -0.177. The van der Waals surface area contributed by atoms with Crippen LogP contribution in [-0.2, 0) is 0 Å². The van der Waals surface area contributed by atoms with Gasteiger partial charge in [0, 0.05) is 6.54 Å². The number of likely N-dealkylation sites (tertiary alicyclic amines) is 1. The van der Waals surface area contributed by atoms with E-state index in [0.717, 1.165) is 18.2 Å². The molecule has 3 heterocycles. The second kappa shape index (κ2) is 6.57. The maximum atomic E-state index is 13.0. The first kappa shape index (κ1) is 16.8. The highest BCUT2D eigenvalue weighted by molar-refractivity contribution is 8.00. The molecule has 3 atom stereocenters. The van der Waals surface area contributed by atoms with Crippen molar-refractivity contribution in [1.29, 1.82) is 0 Å². The Morgan fingerprint density at radius 1 is 1.24 bits per heavy atom. The number of aromatic nitrogens is 3. The van der Waals surface area contributed by atoms with E-state index in [1.807, 2.05) is 6.92 Å². The smallest absolute Gasteiger partial charge is 0.264 e. The number of carbonyl (C=O) groups is 1. The van der Waals surface area contributed by atoms with Crippen LogP contribution in [0, 0.1) is 19.8 Å². The molecule has 0 N–H and O–H groups in total. The van der Waals surface area contributed by atoms with Crippen LogP contribution in [-0.4, -0.2) is 43.9 Å². The van der Waals surface area contributed by atoms with E-state index in [-0.39, 0.29) is 17.2 Å². The molecule has 0 spiro atoms. The summed E-state index contributed by atoms with van der Waals surface area (Å²) in [6.45, 7) is 8.31. The molecule has 0 bridgehead atoms. The van der Waals surface area contributed by atoms with Crippen molar-refractivity contribution in [2.24, 2.45) is 5.92 Å². The molecule has 0 radical (unpaired) electrons. The molecule has 2 aromatic rings. The summed E-state index contributed by atoms with van der Waals surface area (Å²) in [5.74, 6) is 1.39. The van der Waals surface area contributed by atoms with Crippen LogP contribution >= 0.6 is 11.8 Å². The number of rotatable bonds is 3. The third-order valence-corrected chi connectivity index (χ3v) is 6.34. The van der Waals surface area contributed by atoms with Gasteiger partial charge in [0.2, 0.25) is 0 Å². The van der Waals surface area contributed by atoms with Gasteiger partial charge < -0.3 is 0 Å². The maximum absolute atomic E-state index is 13.0. The molecule has 5 nitrogen and oxygen atoms in total. The zero-order valence-electron chi connectivity index (χ0n) is 15.0. The van der Waals surface area contributed by atoms with Crippen LogP contribution in [0.3, 0.4) is 0 Å². The van der Waals surface area contributed by atoms with Crippen molar-refractivity contribution in [3.63, 3.8) is 0 Å². The zero-order valence-corrected chi connectivity index (χ0v) is 15.8. The molecule has 0 aliphatic carbocycles. The number of nitrogens with zero attached hydrogens (tertiary/aromatic N) is 4. The van der Waals surface area contributed by atoms with E-state index in [4.69, 9.17) is 0 Å². The van der Waals surface area contributed by atoms with Crippen LogP contribution < -0.4 is 0 Å². The highest BCUT2D eigenvalue weighted by Gasteiger charge is 2.43. The van der Waals surface area contributed by atoms with Gasteiger partial charge in [0.1, 0.15) is 11.1 Å². The number of fused-ring (bicyclic) bond motifs is 1. The number of hydrogen-bond acceptors (Lipinski definition) is 5. The lowest BCUT2D eigenvalue weighted by Crippen LogP contribution is -2.43. The van der Waals surface area contributed by atoms with Crippen molar-refractivity contribution in [3.8, 4) is 0 Å². The molecule has 132 valence electrons. The van der Waals surface area contributed by atoms with Crippen LogP contribution in [0.2, 0.25) is 0 Å². The van der Waals surface area contributed by atoms with Crippen LogP contribution in [0.4, 0.5) is 0 Å². The first-order chi connectivity index (χ1) is 12.0. The van der Waals surface area contributed by atoms with Crippen molar-refractivity contribution in [3.05, 3.63) is 41.2 Å². The Hall–Kier alpha value is -1.66. The summed E-state index contributed by atoms with van der Waals surface area (Å²) in [6.07, 6.45) is 2.46. The van der Waals surface area contributed by atoms with Gasteiger partial charge in [-0.2, -0.15) is 4.68 Å². The maximum Gasteiger partial charge on any atom is 0.264 e. The molecule has 1 aromatic heterocycles. The summed E-state index contributed by atoms with van der Waals surface area (Å²) in [5.41, 5.74) is 2.46. The molecule has 4 rings (SSSR count). The van der Waals surface area contributed by atoms with Gasteiger partial charge in [0.25, 0.3) is 5.91 Å². The van der Waals surface area contributed by atoms with Crippen LogP contribution in [0.25, 0.3) is 0 Å². The van der Waals surface area contributed by atoms with E-state index in [1.165, 1.54) is 28.7 Å². The summed E-state index contributed by atoms with van der Waals surface area (Å²) in [7, 11) is 0. The lowest BCUT2D eigenvalue weighted by molar-refractivity contribution is 0.0788. The fraction of sp³-hybridized carbons (Fsp3) is 0.526. The Morgan fingerprint density at radius 3 is 2.68 bits per heavy atom. The molecule has 3 unspecified atom stereocenters. The molecule has 1 saturated heterocycles. The predicted octanol–water partition coefficient (Wildman–Crippen LogP) is 3.48. The average molecular weight is 356 g/mol. The first-order valence-electron chi connectivity index (χ1n) is 8.98. The van der Waals surface area contributed by atoms with Crippen LogP contribution in [0.5, 0.6) is 0 Å². The molecule has 25 heavy (non-hydrogen) atoms. The lowest BCUT2D eigenvalue weighted by atomic mass is 9.94. The highest BCUT2D eigenvalue weighted by atomic mass is 32.2. The van der Waals surface area contributed by atoms with Crippen molar-refractivity contribution < 1.29 is 4.79 Å². The van der Waals surface area contributed by atoms with Crippen LogP contribution in [0.15, 0.2) is 29.4 Å². The van der Waals surface area contributed by atoms with E-state index in [2.05, 4.69) is 53.1 Å².